The van der Waals surface area contributed by atoms with Crippen molar-refractivity contribution in [3.05, 3.63) is 35.8 Å². The van der Waals surface area contributed by atoms with Gasteiger partial charge in [-0.15, -0.1) is 11.3 Å². The highest BCUT2D eigenvalue weighted by Gasteiger charge is 2.39. The molecule has 2 fully saturated rings. The number of carbonyl (C=O) groups is 2. The first kappa shape index (κ1) is 26.5. The number of anilines is 2. The number of amides is 2. The molecular weight excluding hydrogens is 502 g/mol. The fraction of sp³-hybridized carbons (Fsp3) is 0.542. The number of aliphatic hydroxyl groups excluding tert-OH is 1. The summed E-state index contributed by atoms with van der Waals surface area (Å²) in [7, 11) is -3.76. The van der Waals surface area contributed by atoms with Crippen LogP contribution in [0.15, 0.2) is 40.7 Å². The number of piperazine rings is 1. The molecule has 2 aromatic rings. The molecule has 0 saturated carbocycles. The average molecular weight is 542 g/mol. The molecule has 10 nitrogen and oxygen atoms in total. The predicted molar refractivity (Wildman–Crippen MR) is 145 cm³/mol. The Morgan fingerprint density at radius 3 is 2.44 bits per heavy atom. The Balaban J connectivity index is 0.00000253. The van der Waals surface area contributed by atoms with Crippen molar-refractivity contribution in [2.24, 2.45) is 5.41 Å². The molecule has 12 heteroatoms. The first-order valence-electron chi connectivity index (χ1n) is 12.0. The van der Waals surface area contributed by atoms with Crippen LogP contribution in [0.3, 0.4) is 0 Å². The van der Waals surface area contributed by atoms with E-state index in [4.69, 9.17) is 0 Å². The van der Waals surface area contributed by atoms with E-state index in [1.165, 1.54) is 29.7 Å². The van der Waals surface area contributed by atoms with E-state index in [1.807, 2.05) is 20.8 Å². The molecule has 2 aliphatic heterocycles. The largest absolute Gasteiger partial charge is 0.383 e. The number of sulfonamides is 1. The summed E-state index contributed by atoms with van der Waals surface area (Å²) < 4.78 is 27.6. The number of nitrogens with one attached hydrogen (secondary N) is 1. The monoisotopic (exact) mass is 541 g/mol. The van der Waals surface area contributed by atoms with E-state index in [2.05, 4.69) is 14.6 Å². The van der Waals surface area contributed by atoms with Crippen molar-refractivity contribution < 1.29 is 27.4 Å². The number of carbonyl (C=O) groups excluding carboxylic acids is 2. The topological polar surface area (TPSA) is 123 Å². The average Bonchev–Trinajstić information content (AvgIpc) is 3.47. The Morgan fingerprint density at radius 2 is 1.86 bits per heavy atom. The molecule has 0 spiro atoms. The lowest BCUT2D eigenvalue weighted by molar-refractivity contribution is -0.144. The summed E-state index contributed by atoms with van der Waals surface area (Å²) in [6, 6.07) is 5.98. The van der Waals surface area contributed by atoms with Gasteiger partial charge >= 0.3 is 0 Å². The minimum Gasteiger partial charge on any atom is -0.383 e. The molecule has 0 radical (unpaired) electrons. The van der Waals surface area contributed by atoms with Crippen molar-refractivity contribution in [3.63, 3.8) is 0 Å². The third kappa shape index (κ3) is 6.05. The summed E-state index contributed by atoms with van der Waals surface area (Å²) in [6.45, 7) is 8.59. The number of aliphatic hydroxyl groups is 1. The molecule has 4 rings (SSSR count). The van der Waals surface area contributed by atoms with E-state index in [0.29, 0.717) is 56.4 Å². The summed E-state index contributed by atoms with van der Waals surface area (Å²) in [6.07, 6.45) is 1.58. The molecule has 202 valence electrons. The molecule has 3 heterocycles. The van der Waals surface area contributed by atoms with Crippen LogP contribution < -0.4 is 9.62 Å². The van der Waals surface area contributed by atoms with Gasteiger partial charge in [0.25, 0.3) is 15.9 Å². The van der Waals surface area contributed by atoms with E-state index in [9.17, 15) is 23.1 Å². The highest BCUT2D eigenvalue weighted by atomic mass is 32.2. The SMILES string of the molecule is CC(C)(C)C[C@@H](O)C(=O)N1CCN([C@H]2CCN(c3ccc(S(=O)(=O)Nc4nccs4)cc3)C2=O)CC1.[HH].[HH].[HH]. The van der Waals surface area contributed by atoms with E-state index in [1.54, 1.807) is 27.3 Å². The molecule has 0 unspecified atom stereocenters. The van der Waals surface area contributed by atoms with Crippen LogP contribution in [0, 0.1) is 5.41 Å². The quantitative estimate of drug-likeness (QED) is 0.552. The van der Waals surface area contributed by atoms with E-state index >= 15 is 0 Å². The van der Waals surface area contributed by atoms with Gasteiger partial charge in [-0.1, -0.05) is 20.8 Å². The number of benzene rings is 1. The van der Waals surface area contributed by atoms with Crippen LogP contribution in [0.4, 0.5) is 10.8 Å². The van der Waals surface area contributed by atoms with E-state index < -0.39 is 16.1 Å². The smallest absolute Gasteiger partial charge is 0.263 e. The minimum atomic E-state index is -3.76. The predicted octanol–water partition coefficient (Wildman–Crippen LogP) is 2.73. The molecule has 0 aliphatic carbocycles. The minimum absolute atomic E-state index is 0. The first-order valence-corrected chi connectivity index (χ1v) is 14.4. The Kier molecular flexibility index (Phi) is 7.69. The molecule has 1 aromatic heterocycles. The van der Waals surface area contributed by atoms with Gasteiger partial charge < -0.3 is 14.9 Å². The summed E-state index contributed by atoms with van der Waals surface area (Å²) in [4.78, 5) is 35.3. The zero-order valence-corrected chi connectivity index (χ0v) is 22.4. The normalized spacial score (nSPS) is 20.6. The lowest BCUT2D eigenvalue weighted by Crippen LogP contribution is -2.55. The molecule has 2 aliphatic rings. The number of rotatable bonds is 7. The van der Waals surface area contributed by atoms with Crippen LogP contribution >= 0.6 is 11.3 Å². The van der Waals surface area contributed by atoms with Crippen molar-refractivity contribution in [2.45, 2.75) is 50.7 Å². The molecule has 2 atom stereocenters. The number of hydrogen-bond acceptors (Lipinski definition) is 8. The van der Waals surface area contributed by atoms with Crippen molar-refractivity contribution in [2.75, 3.05) is 42.3 Å². The first-order chi connectivity index (χ1) is 16.9. The second-order valence-corrected chi connectivity index (χ2v) is 12.9. The number of nitrogens with zero attached hydrogens (tertiary/aromatic N) is 4. The van der Waals surface area contributed by atoms with Crippen molar-refractivity contribution >= 4 is 44.0 Å². The Bertz CT molecular complexity index is 1190. The van der Waals surface area contributed by atoms with Crippen molar-refractivity contribution in [1.82, 2.24) is 14.8 Å². The van der Waals surface area contributed by atoms with Gasteiger partial charge in [0.1, 0.15) is 6.10 Å². The number of aromatic nitrogens is 1. The Hall–Kier alpha value is -2.54. The third-order valence-electron chi connectivity index (χ3n) is 6.45. The lowest BCUT2D eigenvalue weighted by atomic mass is 9.89. The van der Waals surface area contributed by atoms with E-state index in [-0.39, 0.29) is 32.4 Å². The number of hydrogen-bond donors (Lipinski definition) is 2. The van der Waals surface area contributed by atoms with Gasteiger partial charge in [-0.05, 0) is 42.5 Å². The van der Waals surface area contributed by atoms with Gasteiger partial charge in [-0.3, -0.25) is 19.2 Å². The van der Waals surface area contributed by atoms with E-state index in [0.717, 1.165) is 0 Å². The molecule has 2 N–H and O–H groups in total. The fourth-order valence-electron chi connectivity index (χ4n) is 4.65. The maximum absolute atomic E-state index is 13.2. The zero-order chi connectivity index (χ0) is 26.1. The summed E-state index contributed by atoms with van der Waals surface area (Å²) >= 11 is 1.19. The van der Waals surface area contributed by atoms with Gasteiger partial charge in [0.05, 0.1) is 10.9 Å². The van der Waals surface area contributed by atoms with Crippen LogP contribution in [-0.4, -0.2) is 85.0 Å². The van der Waals surface area contributed by atoms with Crippen molar-refractivity contribution in [3.8, 4) is 0 Å². The lowest BCUT2D eigenvalue weighted by Gasteiger charge is -2.38. The van der Waals surface area contributed by atoms with Crippen LogP contribution in [-0.2, 0) is 19.6 Å². The zero-order valence-electron chi connectivity index (χ0n) is 20.8. The van der Waals surface area contributed by atoms with Gasteiger partial charge in [-0.2, -0.15) is 0 Å². The van der Waals surface area contributed by atoms with Gasteiger partial charge in [-0.25, -0.2) is 13.4 Å². The highest BCUT2D eigenvalue weighted by molar-refractivity contribution is 7.93. The maximum atomic E-state index is 13.2. The highest BCUT2D eigenvalue weighted by Crippen LogP contribution is 2.28. The molecular formula is C24H39N5O5S2. The summed E-state index contributed by atoms with van der Waals surface area (Å²) in [5.41, 5.74) is 0.506. The van der Waals surface area contributed by atoms with Crippen LogP contribution in [0.25, 0.3) is 0 Å². The van der Waals surface area contributed by atoms with Crippen molar-refractivity contribution in [1.29, 1.82) is 0 Å². The summed E-state index contributed by atoms with van der Waals surface area (Å²) in [5.74, 6) is -0.276. The fourth-order valence-corrected chi connectivity index (χ4v) is 6.43. The second-order valence-electron chi connectivity index (χ2n) is 10.4. The Morgan fingerprint density at radius 1 is 1.19 bits per heavy atom. The molecule has 2 amide bonds. The molecule has 36 heavy (non-hydrogen) atoms. The molecule has 1 aromatic carbocycles. The third-order valence-corrected chi connectivity index (χ3v) is 8.62. The van der Waals surface area contributed by atoms with Gasteiger partial charge in [0.2, 0.25) is 5.91 Å². The molecule has 2 saturated heterocycles. The number of thiazole rings is 1. The molecule has 0 bridgehead atoms. The maximum Gasteiger partial charge on any atom is 0.263 e. The standard InChI is InChI=1S/C24H33N5O5S2.3H2/c1-24(2,3)16-20(30)22(32)28-13-11-27(12-14-28)19-8-10-29(21(19)31)17-4-6-18(7-5-17)36(33,34)26-23-25-9-15-35-23;;;/h4-7,9,15,19-20,30H,8,10-14,16H2,1-3H3,(H,25,26);3*1H/t19-,20+;;;/m0.../s1. The van der Waals surface area contributed by atoms with Gasteiger partial charge in [0, 0.05) is 54.3 Å². The van der Waals surface area contributed by atoms with Crippen LogP contribution in [0.5, 0.6) is 0 Å². The second kappa shape index (κ2) is 10.4. The Labute approximate surface area is 220 Å². The summed E-state index contributed by atoms with van der Waals surface area (Å²) in [5, 5.41) is 12.3. The van der Waals surface area contributed by atoms with Gasteiger partial charge in [0.15, 0.2) is 5.13 Å². The van der Waals surface area contributed by atoms with Crippen LogP contribution in [0.2, 0.25) is 0 Å². The van der Waals surface area contributed by atoms with Crippen LogP contribution in [0.1, 0.15) is 37.9 Å².